The first kappa shape index (κ1) is 26.6. The number of hydrogen-bond donors (Lipinski definition) is 1. The van der Waals surface area contributed by atoms with Gasteiger partial charge in [-0.3, -0.25) is 9.89 Å². The van der Waals surface area contributed by atoms with Gasteiger partial charge in [0, 0.05) is 74.4 Å². The smallest absolute Gasteiger partial charge is 0.250 e. The van der Waals surface area contributed by atoms with Crippen LogP contribution in [-0.4, -0.2) is 77.6 Å². The summed E-state index contributed by atoms with van der Waals surface area (Å²) in [5.41, 5.74) is 2.87. The summed E-state index contributed by atoms with van der Waals surface area (Å²) in [4.78, 5) is 18.9. The Labute approximate surface area is 218 Å². The second-order valence-corrected chi connectivity index (χ2v) is 10.9. The first-order valence-electron chi connectivity index (χ1n) is 11.8. The van der Waals surface area contributed by atoms with E-state index < -0.39 is 5.92 Å². The van der Waals surface area contributed by atoms with E-state index in [4.69, 9.17) is 26.1 Å². The molecule has 1 aliphatic heterocycles. The molecule has 3 heterocycles. The van der Waals surface area contributed by atoms with Crippen LogP contribution in [0.2, 0.25) is 5.02 Å². The van der Waals surface area contributed by atoms with Crippen molar-refractivity contribution in [2.45, 2.75) is 43.0 Å². The number of alkyl halides is 2. The molecule has 0 radical (unpaired) electrons. The highest BCUT2D eigenvalue weighted by molar-refractivity contribution is 7.99. The Balaban J connectivity index is 1.67. The van der Waals surface area contributed by atoms with Crippen LogP contribution >= 0.6 is 23.4 Å². The molecule has 1 saturated heterocycles. The van der Waals surface area contributed by atoms with Gasteiger partial charge in [-0.2, -0.15) is 0 Å². The lowest BCUT2D eigenvalue weighted by Crippen LogP contribution is -2.41. The lowest BCUT2D eigenvalue weighted by atomic mass is 10.1. The number of rotatable bonds is 9. The second-order valence-electron chi connectivity index (χ2n) is 8.91. The van der Waals surface area contributed by atoms with Gasteiger partial charge in [0.15, 0.2) is 16.7 Å². The van der Waals surface area contributed by atoms with Gasteiger partial charge in [-0.05, 0) is 6.07 Å². The van der Waals surface area contributed by atoms with Crippen molar-refractivity contribution < 1.29 is 18.3 Å². The van der Waals surface area contributed by atoms with Crippen LogP contribution in [0.4, 0.5) is 8.78 Å². The summed E-state index contributed by atoms with van der Waals surface area (Å²) in [5, 5.41) is 2.19. The van der Waals surface area contributed by atoms with Crippen molar-refractivity contribution in [1.82, 2.24) is 19.9 Å². The van der Waals surface area contributed by atoms with Crippen LogP contribution in [0.15, 0.2) is 28.5 Å². The monoisotopic (exact) mass is 537 g/mol. The molecule has 3 aromatic rings. The molecular weight excluding hydrogens is 508 g/mol. The van der Waals surface area contributed by atoms with Crippen LogP contribution in [0.3, 0.4) is 0 Å². The van der Waals surface area contributed by atoms with Crippen LogP contribution in [-0.2, 0) is 0 Å². The molecule has 0 bridgehead atoms. The highest BCUT2D eigenvalue weighted by Crippen LogP contribution is 2.41. The molecule has 2 aromatic heterocycles. The molecule has 0 unspecified atom stereocenters. The van der Waals surface area contributed by atoms with Gasteiger partial charge < -0.3 is 14.5 Å². The number of methoxy groups -OCH3 is 1. The number of hydrogen-bond acceptors (Lipinski definition) is 7. The van der Waals surface area contributed by atoms with Gasteiger partial charge in [-0.15, -0.1) is 0 Å². The number of fused-ring (bicyclic) bond motifs is 1. The average Bonchev–Trinajstić information content (AvgIpc) is 3.23. The normalized spacial score (nSPS) is 16.3. The number of piperidine rings is 1. The largest absolute Gasteiger partial charge is 0.493 e. The lowest BCUT2D eigenvalue weighted by molar-refractivity contribution is -0.0564. The minimum atomic E-state index is -2.57. The molecule has 0 aliphatic carbocycles. The SMILES string of the molecule is CN=Cc1c[nH]c2nc(SC(C)C)nc(-c3cc(OCCN4CCC(F)(F)CC4)c(OC)cc3Cl)c12. The van der Waals surface area contributed by atoms with Gasteiger partial charge in [0.1, 0.15) is 12.3 Å². The number of H-pyrrole nitrogens is 1. The topological polar surface area (TPSA) is 75.6 Å². The van der Waals surface area contributed by atoms with Crippen molar-refractivity contribution in [2.75, 3.05) is 40.4 Å². The van der Waals surface area contributed by atoms with Crippen LogP contribution in [0.25, 0.3) is 22.3 Å². The van der Waals surface area contributed by atoms with E-state index >= 15 is 0 Å². The first-order chi connectivity index (χ1) is 17.2. The van der Waals surface area contributed by atoms with Crippen LogP contribution in [0.5, 0.6) is 11.5 Å². The van der Waals surface area contributed by atoms with Crippen molar-refractivity contribution in [1.29, 1.82) is 0 Å². The molecule has 1 N–H and O–H groups in total. The maximum absolute atomic E-state index is 13.5. The molecule has 0 atom stereocenters. The van der Waals surface area contributed by atoms with E-state index in [2.05, 4.69) is 28.8 Å². The van der Waals surface area contributed by atoms with Gasteiger partial charge in [-0.25, -0.2) is 18.7 Å². The number of nitrogens with one attached hydrogen (secondary N) is 1. The highest BCUT2D eigenvalue weighted by Gasteiger charge is 2.33. The minimum Gasteiger partial charge on any atom is -0.493 e. The van der Waals surface area contributed by atoms with E-state index in [9.17, 15) is 8.78 Å². The zero-order valence-corrected chi connectivity index (χ0v) is 22.3. The van der Waals surface area contributed by atoms with Gasteiger partial charge >= 0.3 is 0 Å². The van der Waals surface area contributed by atoms with E-state index in [1.165, 1.54) is 0 Å². The van der Waals surface area contributed by atoms with Crippen molar-refractivity contribution in [3.05, 3.63) is 28.9 Å². The number of likely N-dealkylation sites (tertiary alicyclic amines) is 1. The fraction of sp³-hybridized carbons (Fsp3) is 0.480. The predicted molar refractivity (Wildman–Crippen MR) is 142 cm³/mol. The number of thioether (sulfide) groups is 1. The number of halogens is 3. The summed E-state index contributed by atoms with van der Waals surface area (Å²) in [6.45, 7) is 5.73. The molecule has 1 aliphatic rings. The zero-order chi connectivity index (χ0) is 25.9. The van der Waals surface area contributed by atoms with E-state index in [0.717, 1.165) is 10.9 Å². The van der Waals surface area contributed by atoms with Gasteiger partial charge in [-0.1, -0.05) is 37.2 Å². The quantitative estimate of drug-likeness (QED) is 0.207. The van der Waals surface area contributed by atoms with Crippen molar-refractivity contribution in [3.8, 4) is 22.8 Å². The maximum Gasteiger partial charge on any atom is 0.250 e. The summed E-state index contributed by atoms with van der Waals surface area (Å²) < 4.78 is 38.5. The van der Waals surface area contributed by atoms with Crippen molar-refractivity contribution in [2.24, 2.45) is 4.99 Å². The molecule has 7 nitrogen and oxygen atoms in total. The Morgan fingerprint density at radius 1 is 1.25 bits per heavy atom. The molecule has 194 valence electrons. The van der Waals surface area contributed by atoms with E-state index in [1.807, 2.05) is 17.2 Å². The third kappa shape index (κ3) is 6.10. The van der Waals surface area contributed by atoms with Crippen LogP contribution < -0.4 is 9.47 Å². The maximum atomic E-state index is 13.5. The molecule has 0 amide bonds. The number of benzene rings is 1. The molecule has 4 rings (SSSR count). The molecule has 0 spiro atoms. The minimum absolute atomic E-state index is 0.123. The van der Waals surface area contributed by atoms with E-state index in [1.54, 1.807) is 38.2 Å². The molecule has 36 heavy (non-hydrogen) atoms. The molecule has 11 heteroatoms. The van der Waals surface area contributed by atoms with Gasteiger partial charge in [0.05, 0.1) is 23.2 Å². The zero-order valence-electron chi connectivity index (χ0n) is 20.8. The summed E-state index contributed by atoms with van der Waals surface area (Å²) in [7, 11) is 3.26. The lowest BCUT2D eigenvalue weighted by Gasteiger charge is -2.31. The first-order valence-corrected chi connectivity index (χ1v) is 13.1. The molecule has 1 fully saturated rings. The molecule has 1 aromatic carbocycles. The Morgan fingerprint density at radius 3 is 2.67 bits per heavy atom. The number of ether oxygens (including phenoxy) is 2. The predicted octanol–water partition coefficient (Wildman–Crippen LogP) is 5.95. The third-order valence-electron chi connectivity index (χ3n) is 5.91. The Kier molecular flexibility index (Phi) is 8.37. The Bertz CT molecular complexity index is 1240. The average molecular weight is 538 g/mol. The molecule has 0 saturated carbocycles. The van der Waals surface area contributed by atoms with E-state index in [0.29, 0.717) is 70.1 Å². The van der Waals surface area contributed by atoms with E-state index in [-0.39, 0.29) is 12.8 Å². The summed E-state index contributed by atoms with van der Waals surface area (Å²) in [6, 6.07) is 3.52. The highest BCUT2D eigenvalue weighted by atomic mass is 35.5. The summed E-state index contributed by atoms with van der Waals surface area (Å²) in [6.07, 6.45) is 3.35. The number of nitrogens with zero attached hydrogens (tertiary/aromatic N) is 4. The Morgan fingerprint density at radius 2 is 2.00 bits per heavy atom. The fourth-order valence-corrected chi connectivity index (χ4v) is 5.07. The third-order valence-corrected chi connectivity index (χ3v) is 7.09. The second kappa shape index (κ2) is 11.3. The van der Waals surface area contributed by atoms with Gasteiger partial charge in [0.2, 0.25) is 0 Å². The summed E-state index contributed by atoms with van der Waals surface area (Å²) >= 11 is 8.28. The van der Waals surface area contributed by atoms with Crippen molar-refractivity contribution in [3.63, 3.8) is 0 Å². The van der Waals surface area contributed by atoms with Gasteiger partial charge in [0.25, 0.3) is 5.92 Å². The number of aliphatic imine (C=N–C) groups is 1. The van der Waals surface area contributed by atoms with Crippen LogP contribution in [0, 0.1) is 0 Å². The van der Waals surface area contributed by atoms with Crippen molar-refractivity contribution >= 4 is 40.6 Å². The summed E-state index contributed by atoms with van der Waals surface area (Å²) in [5.74, 6) is -1.58. The number of aromatic nitrogens is 3. The number of aromatic amines is 1. The fourth-order valence-electron chi connectivity index (χ4n) is 4.11. The van der Waals surface area contributed by atoms with Crippen LogP contribution in [0.1, 0.15) is 32.3 Å². The molecular formula is C25H30ClF2N5O2S. The standard InChI is InChI=1S/C25H30ClF2N5O2S/c1-15(2)36-24-31-22(21-16(13-29-3)14-30-23(21)32-24)17-11-20(19(34-4)12-18(17)26)35-10-9-33-7-5-25(27,28)6-8-33/h11-15H,5-10H2,1-4H3,(H,30,31,32). The Hall–Kier alpha value is -2.43.